The van der Waals surface area contributed by atoms with Crippen LogP contribution in [0.2, 0.25) is 0 Å². The topological polar surface area (TPSA) is 368 Å². The van der Waals surface area contributed by atoms with E-state index in [1.54, 1.807) is 0 Å². The fraction of sp³-hybridized carbons (Fsp3) is 0.606. The van der Waals surface area contributed by atoms with Crippen molar-refractivity contribution in [2.45, 2.75) is 88.2 Å². The molecule has 61 heavy (non-hydrogen) atoms. The van der Waals surface area contributed by atoms with E-state index in [0.29, 0.717) is 12.8 Å². The maximum absolute atomic E-state index is 14.0. The SMILES string of the molecule is C=CCCC(=O)N(C)[C@@H](COCCC(C)C)C(=O)O[C@H]1[C@@H](O)[C@H](n2cnc3c(N)ncnc32)O[C@@H]1COP(=O)(O)O[C@H]1[C@@H](O)[C@H](n2ccc(N)nc2=O)O[C@@H]1COP(=O)(O)O. The number of carbonyl (C=O) groups excluding carboxylic acids is 2. The summed E-state index contributed by atoms with van der Waals surface area (Å²) in [5.74, 6) is -1.42. The minimum absolute atomic E-state index is 0.00926. The summed E-state index contributed by atoms with van der Waals surface area (Å²) in [6.07, 6.45) is -7.93. The van der Waals surface area contributed by atoms with Crippen LogP contribution >= 0.6 is 15.6 Å². The third-order valence-electron chi connectivity index (χ3n) is 9.53. The monoisotopic (exact) mass is 905 g/mol. The number of ether oxygens (including phenoxy) is 4. The third-order valence-corrected chi connectivity index (χ3v) is 11.0. The summed E-state index contributed by atoms with van der Waals surface area (Å²) in [4.78, 5) is 86.0. The minimum atomic E-state index is -5.41. The number of aliphatic hydroxyl groups excluding tert-OH is 2. The maximum Gasteiger partial charge on any atom is 0.472 e. The Morgan fingerprint density at radius 2 is 1.67 bits per heavy atom. The smallest absolute Gasteiger partial charge is 0.455 e. The number of esters is 1. The lowest BCUT2D eigenvalue weighted by Crippen LogP contribution is -2.49. The molecular formula is C33H49N9O17P2. The molecule has 3 aromatic heterocycles. The van der Waals surface area contributed by atoms with Crippen molar-refractivity contribution in [2.24, 2.45) is 5.92 Å². The molecule has 28 heteroatoms. The van der Waals surface area contributed by atoms with E-state index in [9.17, 15) is 48.4 Å². The molecular weight excluding hydrogens is 856 g/mol. The Morgan fingerprint density at radius 3 is 2.33 bits per heavy atom. The van der Waals surface area contributed by atoms with Gasteiger partial charge in [0, 0.05) is 26.3 Å². The first kappa shape index (κ1) is 47.8. The highest BCUT2D eigenvalue weighted by atomic mass is 31.2. The lowest BCUT2D eigenvalue weighted by molar-refractivity contribution is -0.167. The Morgan fingerprint density at radius 1 is 1.02 bits per heavy atom. The lowest BCUT2D eigenvalue weighted by Gasteiger charge is -2.29. The quantitative estimate of drug-likeness (QED) is 0.0296. The van der Waals surface area contributed by atoms with Crippen molar-refractivity contribution < 1.29 is 76.1 Å². The van der Waals surface area contributed by atoms with Crippen LogP contribution in [0.3, 0.4) is 0 Å². The zero-order valence-corrected chi connectivity index (χ0v) is 34.9. The van der Waals surface area contributed by atoms with E-state index in [1.807, 2.05) is 13.8 Å². The summed E-state index contributed by atoms with van der Waals surface area (Å²) in [6.45, 7) is 5.53. The number of rotatable bonds is 21. The van der Waals surface area contributed by atoms with Gasteiger partial charge in [0.25, 0.3) is 0 Å². The Kier molecular flexibility index (Phi) is 15.9. The van der Waals surface area contributed by atoms with Gasteiger partial charge in [-0.2, -0.15) is 4.98 Å². The van der Waals surface area contributed by atoms with Gasteiger partial charge in [0.05, 0.1) is 26.1 Å². The van der Waals surface area contributed by atoms with Gasteiger partial charge < -0.3 is 60.2 Å². The number of amides is 1. The van der Waals surface area contributed by atoms with Crippen molar-refractivity contribution in [2.75, 3.05) is 44.9 Å². The Bertz CT molecular complexity index is 2170. The Balaban J connectivity index is 1.40. The molecule has 10 atom stereocenters. The zero-order valence-electron chi connectivity index (χ0n) is 33.1. The van der Waals surface area contributed by atoms with E-state index in [-0.39, 0.29) is 48.4 Å². The van der Waals surface area contributed by atoms with Gasteiger partial charge >= 0.3 is 27.3 Å². The number of phosphoric acid groups is 2. The van der Waals surface area contributed by atoms with Crippen molar-refractivity contribution in [3.05, 3.63) is 48.1 Å². The van der Waals surface area contributed by atoms with Gasteiger partial charge in [-0.05, 0) is 24.8 Å². The van der Waals surface area contributed by atoms with E-state index in [4.69, 9.17) is 39.5 Å². The number of nitrogen functional groups attached to an aromatic ring is 2. The standard InChI is InChI=1S/C33H49N9O17P2/c1-5-6-7-22(43)40(4)18(12-53-11-9-17(2)3)32(46)58-26-19(56-31(24(26)44)42-16-38-23-28(35)36-15-37-29(23)42)14-55-61(51,52)59-27-20(13-54-60(48,49)50)57-30(25(27)45)41-10-8-21(34)39-33(41)47/h5,8,10,15-20,24-27,30-31,44-45H,1,6-7,9,11-14H2,2-4H3,(H,51,52)(H2,34,39,47)(H2,35,36,37)(H2,48,49,50)/t18-,19+,20+,24+,25+,26+,27+,30+,31+/m0/s1. The molecule has 0 aliphatic carbocycles. The van der Waals surface area contributed by atoms with E-state index in [1.165, 1.54) is 30.1 Å². The highest BCUT2D eigenvalue weighted by Crippen LogP contribution is 2.50. The number of phosphoric ester groups is 2. The van der Waals surface area contributed by atoms with E-state index >= 15 is 0 Å². The van der Waals surface area contributed by atoms with Crippen LogP contribution in [-0.4, -0.2) is 147 Å². The zero-order chi connectivity index (χ0) is 44.8. The number of aromatic nitrogens is 6. The van der Waals surface area contributed by atoms with Crippen molar-refractivity contribution in [1.29, 1.82) is 0 Å². The first-order valence-corrected chi connectivity index (χ1v) is 21.7. The number of imidazole rings is 1. The van der Waals surface area contributed by atoms with Gasteiger partial charge in [0.15, 0.2) is 36.1 Å². The molecule has 2 fully saturated rings. The number of carbonyl (C=O) groups is 2. The van der Waals surface area contributed by atoms with Gasteiger partial charge in [0.1, 0.15) is 48.2 Å². The fourth-order valence-electron chi connectivity index (χ4n) is 6.28. The fourth-order valence-corrected chi connectivity index (χ4v) is 7.59. The van der Waals surface area contributed by atoms with E-state index in [0.717, 1.165) is 22.0 Å². The van der Waals surface area contributed by atoms with Crippen LogP contribution < -0.4 is 17.2 Å². The normalized spacial score (nSPS) is 25.7. The first-order valence-electron chi connectivity index (χ1n) is 18.7. The van der Waals surface area contributed by atoms with Crippen LogP contribution in [0.15, 0.2) is 42.4 Å². The molecule has 9 N–H and O–H groups in total. The number of fused-ring (bicyclic) bond motifs is 1. The van der Waals surface area contributed by atoms with E-state index in [2.05, 4.69) is 31.0 Å². The lowest BCUT2D eigenvalue weighted by atomic mass is 10.1. The summed E-state index contributed by atoms with van der Waals surface area (Å²) in [5.41, 5.74) is 10.7. The largest absolute Gasteiger partial charge is 0.472 e. The second-order valence-electron chi connectivity index (χ2n) is 14.4. The molecule has 5 rings (SSSR count). The molecule has 338 valence electrons. The maximum atomic E-state index is 14.0. The number of aliphatic hydroxyl groups is 2. The van der Waals surface area contributed by atoms with Crippen molar-refractivity contribution >= 4 is 50.3 Å². The molecule has 1 unspecified atom stereocenters. The average Bonchev–Trinajstić information content (AvgIpc) is 3.84. The van der Waals surface area contributed by atoms with Gasteiger partial charge in [0.2, 0.25) is 5.91 Å². The number of anilines is 2. The van der Waals surface area contributed by atoms with Gasteiger partial charge in [-0.15, -0.1) is 6.58 Å². The second kappa shape index (κ2) is 20.3. The van der Waals surface area contributed by atoms with Crippen LogP contribution in [-0.2, 0) is 51.2 Å². The van der Waals surface area contributed by atoms with E-state index < -0.39 is 102 Å². The first-order chi connectivity index (χ1) is 28.7. The summed E-state index contributed by atoms with van der Waals surface area (Å²) >= 11 is 0. The molecule has 0 bridgehead atoms. The van der Waals surface area contributed by atoms with Crippen molar-refractivity contribution in [3.63, 3.8) is 0 Å². The van der Waals surface area contributed by atoms with Crippen molar-refractivity contribution in [1.82, 2.24) is 34.0 Å². The number of nitrogens with two attached hydrogens (primary N) is 2. The van der Waals surface area contributed by atoms with Crippen LogP contribution in [0, 0.1) is 5.92 Å². The van der Waals surface area contributed by atoms with Gasteiger partial charge in [-0.3, -0.25) is 27.5 Å². The minimum Gasteiger partial charge on any atom is -0.455 e. The second-order valence-corrected chi connectivity index (χ2v) is 17.0. The number of likely N-dealkylation sites (N-methyl/N-ethyl adjacent to an activating group) is 1. The highest BCUT2D eigenvalue weighted by molar-refractivity contribution is 7.47. The Labute approximate surface area is 347 Å². The molecule has 2 saturated heterocycles. The van der Waals surface area contributed by atoms with Crippen molar-refractivity contribution in [3.8, 4) is 0 Å². The summed E-state index contributed by atoms with van der Waals surface area (Å²) < 4.78 is 65.3. The predicted octanol–water partition coefficient (Wildman–Crippen LogP) is -0.857. The van der Waals surface area contributed by atoms with Crippen LogP contribution in [0.4, 0.5) is 11.6 Å². The molecule has 0 saturated carbocycles. The van der Waals surface area contributed by atoms with Crippen LogP contribution in [0.1, 0.15) is 45.6 Å². The highest BCUT2D eigenvalue weighted by Gasteiger charge is 2.52. The molecule has 5 heterocycles. The third kappa shape index (κ3) is 12.0. The van der Waals surface area contributed by atoms with Gasteiger partial charge in [-0.25, -0.2) is 33.7 Å². The predicted molar refractivity (Wildman–Crippen MR) is 207 cm³/mol. The molecule has 0 radical (unpaired) electrons. The molecule has 26 nitrogen and oxygen atoms in total. The molecule has 0 spiro atoms. The molecule has 1 amide bonds. The molecule has 3 aromatic rings. The van der Waals surface area contributed by atoms with Crippen LogP contribution in [0.5, 0.6) is 0 Å². The molecule has 0 aromatic carbocycles. The summed E-state index contributed by atoms with van der Waals surface area (Å²) in [7, 11) is -9.21. The summed E-state index contributed by atoms with van der Waals surface area (Å²) in [6, 6.07) is -0.159. The number of hydrogen-bond acceptors (Lipinski definition) is 20. The number of nitrogens with zero attached hydrogens (tertiary/aromatic N) is 7. The van der Waals surface area contributed by atoms with Gasteiger partial charge in [-0.1, -0.05) is 19.9 Å². The molecule has 2 aliphatic rings. The number of hydrogen-bond donors (Lipinski definition) is 7. The summed E-state index contributed by atoms with van der Waals surface area (Å²) in [5, 5.41) is 22.8. The Hall–Kier alpha value is -4.27. The molecule has 2 aliphatic heterocycles. The average molecular weight is 906 g/mol. The van der Waals surface area contributed by atoms with Crippen LogP contribution in [0.25, 0.3) is 11.2 Å². The number of allylic oxidation sites excluding steroid dienone is 1.